The number of hydrogen-bond donors (Lipinski definition) is 0. The molecule has 2 aromatic carbocycles. The summed E-state index contributed by atoms with van der Waals surface area (Å²) in [6, 6.07) is 17.5. The summed E-state index contributed by atoms with van der Waals surface area (Å²) in [6.07, 6.45) is 6.82. The second-order valence-electron chi connectivity index (χ2n) is 6.93. The average Bonchev–Trinajstić information content (AvgIpc) is 2.46. The van der Waals surface area contributed by atoms with Crippen molar-refractivity contribution in [1.29, 1.82) is 0 Å². The summed E-state index contributed by atoms with van der Waals surface area (Å²) in [5.41, 5.74) is 5.57. The molecule has 0 radical (unpaired) electrons. The van der Waals surface area contributed by atoms with E-state index in [1.165, 1.54) is 22.3 Å². The van der Waals surface area contributed by atoms with Crippen molar-refractivity contribution in [2.24, 2.45) is 11.8 Å². The molecule has 0 aliphatic heterocycles. The predicted molar refractivity (Wildman–Crippen MR) is 98.9 cm³/mol. The van der Waals surface area contributed by atoms with E-state index in [1.54, 1.807) is 0 Å². The van der Waals surface area contributed by atoms with Crippen LogP contribution in [0, 0.1) is 11.8 Å². The molecule has 0 heterocycles. The minimum atomic E-state index is 0.683. The van der Waals surface area contributed by atoms with Crippen LogP contribution in [0.5, 0.6) is 0 Å². The van der Waals surface area contributed by atoms with Gasteiger partial charge in [-0.3, -0.25) is 0 Å². The van der Waals surface area contributed by atoms with Crippen molar-refractivity contribution in [2.45, 2.75) is 40.5 Å². The van der Waals surface area contributed by atoms with Crippen LogP contribution >= 0.6 is 0 Å². The standard InChI is InChI=1S/C22H28/c1-17(2)15-21-11-7-5-9-19(21)13-14-20-10-6-8-12-22(20)16-18(3)4/h5-14,17-18H,15-16H2,1-4H3/b14-13+. The lowest BCUT2D eigenvalue weighted by Gasteiger charge is -2.10. The average molecular weight is 292 g/mol. The molecule has 0 saturated heterocycles. The van der Waals surface area contributed by atoms with Crippen LogP contribution < -0.4 is 0 Å². The Kier molecular flexibility index (Phi) is 6.00. The number of benzene rings is 2. The van der Waals surface area contributed by atoms with Crippen LogP contribution in [0.15, 0.2) is 48.5 Å². The third kappa shape index (κ3) is 4.87. The third-order valence-electron chi connectivity index (χ3n) is 3.81. The molecule has 0 fully saturated rings. The minimum absolute atomic E-state index is 0.683. The summed E-state index contributed by atoms with van der Waals surface area (Å²) in [6.45, 7) is 9.10. The molecule has 0 bridgehead atoms. The molecular formula is C22H28. The van der Waals surface area contributed by atoms with Gasteiger partial charge in [-0.25, -0.2) is 0 Å². The fourth-order valence-corrected chi connectivity index (χ4v) is 2.82. The molecule has 0 N–H and O–H groups in total. The van der Waals surface area contributed by atoms with Gasteiger partial charge in [-0.15, -0.1) is 0 Å². The Bertz CT molecular complexity index is 562. The second kappa shape index (κ2) is 7.98. The molecule has 0 unspecified atom stereocenters. The van der Waals surface area contributed by atoms with Gasteiger partial charge in [0.25, 0.3) is 0 Å². The van der Waals surface area contributed by atoms with Crippen molar-refractivity contribution >= 4 is 12.2 Å². The molecule has 0 nitrogen and oxygen atoms in total. The predicted octanol–water partition coefficient (Wildman–Crippen LogP) is 6.25. The van der Waals surface area contributed by atoms with Gasteiger partial charge in [-0.1, -0.05) is 88.4 Å². The van der Waals surface area contributed by atoms with Crippen molar-refractivity contribution < 1.29 is 0 Å². The van der Waals surface area contributed by atoms with Gasteiger partial charge < -0.3 is 0 Å². The van der Waals surface area contributed by atoms with Gasteiger partial charge in [0.1, 0.15) is 0 Å². The number of hydrogen-bond acceptors (Lipinski definition) is 0. The van der Waals surface area contributed by atoms with E-state index in [4.69, 9.17) is 0 Å². The van der Waals surface area contributed by atoms with E-state index >= 15 is 0 Å². The minimum Gasteiger partial charge on any atom is -0.0625 e. The Morgan fingerprint density at radius 3 is 1.36 bits per heavy atom. The zero-order chi connectivity index (χ0) is 15.9. The van der Waals surface area contributed by atoms with Gasteiger partial charge >= 0.3 is 0 Å². The monoisotopic (exact) mass is 292 g/mol. The summed E-state index contributed by atoms with van der Waals surface area (Å²) >= 11 is 0. The van der Waals surface area contributed by atoms with Crippen molar-refractivity contribution in [3.8, 4) is 0 Å². The normalized spacial score (nSPS) is 11.7. The highest BCUT2D eigenvalue weighted by Crippen LogP contribution is 2.20. The highest BCUT2D eigenvalue weighted by atomic mass is 14.1. The van der Waals surface area contributed by atoms with Gasteiger partial charge in [0, 0.05) is 0 Å². The summed E-state index contributed by atoms with van der Waals surface area (Å²) in [7, 11) is 0. The molecule has 0 aliphatic rings. The van der Waals surface area contributed by atoms with E-state index in [9.17, 15) is 0 Å². The third-order valence-corrected chi connectivity index (χ3v) is 3.81. The van der Waals surface area contributed by atoms with Gasteiger partial charge in [0.05, 0.1) is 0 Å². The van der Waals surface area contributed by atoms with Crippen molar-refractivity contribution in [3.63, 3.8) is 0 Å². The summed E-state index contributed by atoms with van der Waals surface area (Å²) in [5, 5.41) is 0. The van der Waals surface area contributed by atoms with E-state index in [0.717, 1.165) is 12.8 Å². The topological polar surface area (TPSA) is 0 Å². The first kappa shape index (κ1) is 16.5. The molecular weight excluding hydrogens is 264 g/mol. The first-order valence-corrected chi connectivity index (χ1v) is 8.40. The van der Waals surface area contributed by atoms with E-state index in [2.05, 4.69) is 88.4 Å². The Morgan fingerprint density at radius 1 is 0.636 bits per heavy atom. The molecule has 0 heteroatoms. The Balaban J connectivity index is 2.26. The highest BCUT2D eigenvalue weighted by molar-refractivity contribution is 5.72. The van der Waals surface area contributed by atoms with E-state index in [1.807, 2.05) is 0 Å². The van der Waals surface area contributed by atoms with Crippen molar-refractivity contribution in [2.75, 3.05) is 0 Å². The maximum atomic E-state index is 2.28. The molecule has 0 aliphatic carbocycles. The fraction of sp³-hybridized carbons (Fsp3) is 0.364. The van der Waals surface area contributed by atoms with E-state index in [0.29, 0.717) is 11.8 Å². The van der Waals surface area contributed by atoms with Gasteiger partial charge in [-0.05, 0) is 46.9 Å². The van der Waals surface area contributed by atoms with Crippen LogP contribution in [0.25, 0.3) is 12.2 Å². The lowest BCUT2D eigenvalue weighted by atomic mass is 9.95. The largest absolute Gasteiger partial charge is 0.0625 e. The SMILES string of the molecule is CC(C)Cc1ccccc1/C=C/c1ccccc1CC(C)C. The van der Waals surface area contributed by atoms with Gasteiger partial charge in [0.2, 0.25) is 0 Å². The molecule has 0 aromatic heterocycles. The second-order valence-corrected chi connectivity index (χ2v) is 6.93. The van der Waals surface area contributed by atoms with Crippen LogP contribution in [0.2, 0.25) is 0 Å². The Labute approximate surface area is 135 Å². The Morgan fingerprint density at radius 2 is 1.00 bits per heavy atom. The maximum absolute atomic E-state index is 2.28. The van der Waals surface area contributed by atoms with Crippen LogP contribution in [0.4, 0.5) is 0 Å². The molecule has 0 amide bonds. The number of rotatable bonds is 6. The van der Waals surface area contributed by atoms with E-state index < -0.39 is 0 Å². The summed E-state index contributed by atoms with van der Waals surface area (Å²) in [4.78, 5) is 0. The lowest BCUT2D eigenvalue weighted by molar-refractivity contribution is 0.646. The van der Waals surface area contributed by atoms with Crippen molar-refractivity contribution in [1.82, 2.24) is 0 Å². The van der Waals surface area contributed by atoms with Crippen LogP contribution in [-0.4, -0.2) is 0 Å². The molecule has 0 atom stereocenters. The smallest absolute Gasteiger partial charge is 0.0224 e. The zero-order valence-corrected chi connectivity index (χ0v) is 14.3. The van der Waals surface area contributed by atoms with E-state index in [-0.39, 0.29) is 0 Å². The zero-order valence-electron chi connectivity index (χ0n) is 14.3. The summed E-state index contributed by atoms with van der Waals surface area (Å²) in [5.74, 6) is 1.37. The molecule has 116 valence electrons. The van der Waals surface area contributed by atoms with Crippen LogP contribution in [0.1, 0.15) is 49.9 Å². The molecule has 0 spiro atoms. The maximum Gasteiger partial charge on any atom is -0.0224 e. The van der Waals surface area contributed by atoms with Gasteiger partial charge in [-0.2, -0.15) is 0 Å². The Hall–Kier alpha value is -1.82. The van der Waals surface area contributed by atoms with Gasteiger partial charge in [0.15, 0.2) is 0 Å². The quantitative estimate of drug-likeness (QED) is 0.552. The summed E-state index contributed by atoms with van der Waals surface area (Å²) < 4.78 is 0. The lowest BCUT2D eigenvalue weighted by Crippen LogP contribution is -1.97. The molecule has 0 saturated carbocycles. The van der Waals surface area contributed by atoms with Crippen LogP contribution in [0.3, 0.4) is 0 Å². The van der Waals surface area contributed by atoms with Crippen molar-refractivity contribution in [3.05, 3.63) is 70.8 Å². The van der Waals surface area contributed by atoms with Crippen LogP contribution in [-0.2, 0) is 12.8 Å². The molecule has 22 heavy (non-hydrogen) atoms. The first-order chi connectivity index (χ1) is 10.6. The fourth-order valence-electron chi connectivity index (χ4n) is 2.82. The highest BCUT2D eigenvalue weighted by Gasteiger charge is 2.04. The molecule has 2 aromatic rings. The first-order valence-electron chi connectivity index (χ1n) is 8.40. The molecule has 2 rings (SSSR count).